The van der Waals surface area contributed by atoms with Crippen LogP contribution >= 0.6 is 0 Å². The van der Waals surface area contributed by atoms with Crippen LogP contribution in [0.1, 0.15) is 25.8 Å². The van der Waals surface area contributed by atoms with Crippen LogP contribution < -0.4 is 5.43 Å². The Morgan fingerprint density at radius 1 is 1.38 bits per heavy atom. The molecule has 0 aliphatic carbocycles. The van der Waals surface area contributed by atoms with Gasteiger partial charge in [0.15, 0.2) is 5.79 Å². The third-order valence-electron chi connectivity index (χ3n) is 3.10. The van der Waals surface area contributed by atoms with E-state index in [9.17, 15) is 15.0 Å². The fraction of sp³-hybridized carbons (Fsp3) is 0.429. The molecule has 1 aromatic rings. The Labute approximate surface area is 122 Å². The van der Waals surface area contributed by atoms with Gasteiger partial charge < -0.3 is 19.7 Å². The summed E-state index contributed by atoms with van der Waals surface area (Å²) in [7, 11) is 0. The molecule has 2 rings (SSSR count). The van der Waals surface area contributed by atoms with Crippen molar-refractivity contribution in [3.8, 4) is 11.5 Å². The van der Waals surface area contributed by atoms with Crippen molar-refractivity contribution < 1.29 is 24.5 Å². The van der Waals surface area contributed by atoms with E-state index < -0.39 is 5.79 Å². The van der Waals surface area contributed by atoms with Gasteiger partial charge in [-0.3, -0.25) is 4.79 Å². The summed E-state index contributed by atoms with van der Waals surface area (Å²) in [4.78, 5) is 11.8. The number of amides is 1. The van der Waals surface area contributed by atoms with Crippen LogP contribution in [0.4, 0.5) is 0 Å². The quantitative estimate of drug-likeness (QED) is 0.570. The molecule has 0 saturated carbocycles. The molecule has 0 unspecified atom stereocenters. The summed E-state index contributed by atoms with van der Waals surface area (Å²) in [6.45, 7) is 4.26. The minimum atomic E-state index is -0.909. The number of nitrogens with zero attached hydrogens (tertiary/aromatic N) is 1. The van der Waals surface area contributed by atoms with E-state index in [1.54, 1.807) is 13.8 Å². The summed E-state index contributed by atoms with van der Waals surface area (Å²) in [5.74, 6) is -1.41. The summed E-state index contributed by atoms with van der Waals surface area (Å²) in [6.07, 6.45) is 0.0331. The lowest BCUT2D eigenvalue weighted by Gasteiger charge is -2.20. The van der Waals surface area contributed by atoms with Crippen molar-refractivity contribution in [1.82, 2.24) is 5.43 Å². The SMILES string of the molecule is C/C(=N/NC(=O)CC1(C)OCCO1)c1ccc(O)cc1O. The highest BCUT2D eigenvalue weighted by Crippen LogP contribution is 2.23. The van der Waals surface area contributed by atoms with E-state index in [0.717, 1.165) is 0 Å². The number of phenols is 2. The number of hydrogen-bond acceptors (Lipinski definition) is 6. The van der Waals surface area contributed by atoms with Gasteiger partial charge in [-0.25, -0.2) is 5.43 Å². The summed E-state index contributed by atoms with van der Waals surface area (Å²) in [5.41, 5.74) is 3.23. The number of carbonyl (C=O) groups excluding carboxylic acids is 1. The molecule has 21 heavy (non-hydrogen) atoms. The Morgan fingerprint density at radius 3 is 2.67 bits per heavy atom. The van der Waals surface area contributed by atoms with Crippen LogP contribution in [0, 0.1) is 0 Å². The molecule has 0 bridgehead atoms. The number of rotatable bonds is 4. The molecule has 1 aliphatic rings. The molecular weight excluding hydrogens is 276 g/mol. The molecule has 1 aromatic carbocycles. The molecule has 7 heteroatoms. The third kappa shape index (κ3) is 3.93. The van der Waals surface area contributed by atoms with E-state index in [2.05, 4.69) is 10.5 Å². The first-order valence-corrected chi connectivity index (χ1v) is 6.53. The van der Waals surface area contributed by atoms with E-state index in [4.69, 9.17) is 9.47 Å². The van der Waals surface area contributed by atoms with Gasteiger partial charge >= 0.3 is 0 Å². The van der Waals surface area contributed by atoms with Crippen molar-refractivity contribution in [3.05, 3.63) is 23.8 Å². The van der Waals surface area contributed by atoms with Crippen molar-refractivity contribution >= 4 is 11.6 Å². The summed E-state index contributed by atoms with van der Waals surface area (Å²) < 4.78 is 10.7. The fourth-order valence-electron chi connectivity index (χ4n) is 2.02. The van der Waals surface area contributed by atoms with E-state index >= 15 is 0 Å². The lowest BCUT2D eigenvalue weighted by molar-refractivity contribution is -0.159. The normalized spacial score (nSPS) is 17.7. The summed E-state index contributed by atoms with van der Waals surface area (Å²) >= 11 is 0. The number of benzene rings is 1. The fourth-order valence-corrected chi connectivity index (χ4v) is 2.02. The Bertz CT molecular complexity index is 564. The van der Waals surface area contributed by atoms with Gasteiger partial charge in [0, 0.05) is 11.6 Å². The topological polar surface area (TPSA) is 100 Å². The summed E-state index contributed by atoms with van der Waals surface area (Å²) in [5, 5.41) is 22.9. The van der Waals surface area contributed by atoms with Crippen LogP contribution in [-0.2, 0) is 14.3 Å². The number of carbonyl (C=O) groups is 1. The Balaban J connectivity index is 1.98. The predicted molar refractivity (Wildman–Crippen MR) is 75.1 cm³/mol. The average molecular weight is 294 g/mol. The average Bonchev–Trinajstić information content (AvgIpc) is 2.82. The van der Waals surface area contributed by atoms with Crippen molar-refractivity contribution in [2.75, 3.05) is 13.2 Å². The molecule has 114 valence electrons. The van der Waals surface area contributed by atoms with Crippen LogP contribution in [0.5, 0.6) is 11.5 Å². The number of ether oxygens (including phenoxy) is 2. The van der Waals surface area contributed by atoms with Crippen molar-refractivity contribution in [2.45, 2.75) is 26.1 Å². The molecule has 3 N–H and O–H groups in total. The second-order valence-electron chi connectivity index (χ2n) is 4.94. The van der Waals surface area contributed by atoms with Gasteiger partial charge in [0.05, 0.1) is 25.3 Å². The maximum Gasteiger partial charge on any atom is 0.245 e. The largest absolute Gasteiger partial charge is 0.508 e. The van der Waals surface area contributed by atoms with Crippen LogP contribution in [0.3, 0.4) is 0 Å². The van der Waals surface area contributed by atoms with Gasteiger partial charge in [-0.2, -0.15) is 5.10 Å². The lowest BCUT2D eigenvalue weighted by Crippen LogP contribution is -2.33. The van der Waals surface area contributed by atoms with Crippen molar-refractivity contribution in [3.63, 3.8) is 0 Å². The number of nitrogens with one attached hydrogen (secondary N) is 1. The molecule has 0 spiro atoms. The number of aromatic hydroxyl groups is 2. The molecule has 1 saturated heterocycles. The predicted octanol–water partition coefficient (Wildman–Crippen LogP) is 1.09. The maximum absolute atomic E-state index is 11.8. The number of phenolic OH excluding ortho intramolecular Hbond substituents is 2. The van der Waals surface area contributed by atoms with Gasteiger partial charge in [0.2, 0.25) is 5.91 Å². The monoisotopic (exact) mass is 294 g/mol. The molecule has 0 atom stereocenters. The molecule has 1 amide bonds. The van der Waals surface area contributed by atoms with Gasteiger partial charge in [0.25, 0.3) is 0 Å². The van der Waals surface area contributed by atoms with Crippen LogP contribution in [-0.4, -0.2) is 40.8 Å². The van der Waals surface area contributed by atoms with Crippen molar-refractivity contribution in [1.29, 1.82) is 0 Å². The highest BCUT2D eigenvalue weighted by molar-refractivity contribution is 6.01. The highest BCUT2D eigenvalue weighted by Gasteiger charge is 2.33. The smallest absolute Gasteiger partial charge is 0.245 e. The first kappa shape index (κ1) is 15.3. The molecular formula is C14H18N2O5. The first-order chi connectivity index (χ1) is 9.89. The van der Waals surface area contributed by atoms with Crippen molar-refractivity contribution in [2.24, 2.45) is 5.10 Å². The molecule has 1 heterocycles. The van der Waals surface area contributed by atoms with E-state index in [-0.39, 0.29) is 23.8 Å². The van der Waals surface area contributed by atoms with Gasteiger partial charge in [-0.15, -0.1) is 0 Å². The van der Waals surface area contributed by atoms with Crippen LogP contribution in [0.2, 0.25) is 0 Å². The molecule has 0 radical (unpaired) electrons. The zero-order valence-corrected chi connectivity index (χ0v) is 11.9. The minimum absolute atomic E-state index is 0.0331. The van der Waals surface area contributed by atoms with E-state index in [1.807, 2.05) is 0 Å². The van der Waals surface area contributed by atoms with Crippen LogP contribution in [0.25, 0.3) is 0 Å². The van der Waals surface area contributed by atoms with Crippen LogP contribution in [0.15, 0.2) is 23.3 Å². The Kier molecular flexibility index (Phi) is 4.44. The zero-order valence-electron chi connectivity index (χ0n) is 11.9. The molecule has 0 aromatic heterocycles. The van der Waals surface area contributed by atoms with E-state index in [0.29, 0.717) is 24.5 Å². The Morgan fingerprint density at radius 2 is 2.05 bits per heavy atom. The van der Waals surface area contributed by atoms with Gasteiger partial charge in [-0.1, -0.05) is 0 Å². The first-order valence-electron chi connectivity index (χ1n) is 6.53. The number of hydrazone groups is 1. The van der Waals surface area contributed by atoms with E-state index in [1.165, 1.54) is 18.2 Å². The number of hydrogen-bond donors (Lipinski definition) is 3. The lowest BCUT2D eigenvalue weighted by atomic mass is 10.1. The molecule has 1 fully saturated rings. The summed E-state index contributed by atoms with van der Waals surface area (Å²) in [6, 6.07) is 4.15. The minimum Gasteiger partial charge on any atom is -0.508 e. The second kappa shape index (κ2) is 6.11. The third-order valence-corrected chi connectivity index (χ3v) is 3.10. The molecule has 7 nitrogen and oxygen atoms in total. The standard InChI is InChI=1S/C14H18N2O5/c1-9(11-4-3-10(17)7-12(11)18)15-16-13(19)8-14(2)20-5-6-21-14/h3-4,7,17-18H,5-6,8H2,1-2H3,(H,16,19)/b15-9-. The highest BCUT2D eigenvalue weighted by atomic mass is 16.7. The maximum atomic E-state index is 11.8. The van der Waals surface area contributed by atoms with Gasteiger partial charge in [0.1, 0.15) is 11.5 Å². The molecule has 1 aliphatic heterocycles. The Hall–Kier alpha value is -2.12. The van der Waals surface area contributed by atoms with Gasteiger partial charge in [-0.05, 0) is 26.0 Å². The zero-order chi connectivity index (χ0) is 15.5. The second-order valence-corrected chi connectivity index (χ2v) is 4.94.